The Morgan fingerprint density at radius 1 is 1.09 bits per heavy atom. The van der Waals surface area contributed by atoms with Crippen LogP contribution in [0.5, 0.6) is 11.5 Å². The zero-order chi connectivity index (χ0) is 24.0. The minimum absolute atomic E-state index is 0.0858. The minimum Gasteiger partial charge on any atom is -0.507 e. The number of Topliss-reactive ketones (excluding diaryl/α,β-unsaturated/α-hetero) is 1. The molecular formula is C26H32N2O5. The first-order valence-corrected chi connectivity index (χ1v) is 11.2. The highest BCUT2D eigenvalue weighted by molar-refractivity contribution is 6.46. The molecule has 7 heteroatoms. The lowest BCUT2D eigenvalue weighted by Gasteiger charge is -2.26. The van der Waals surface area contributed by atoms with E-state index in [2.05, 4.69) is 0 Å². The molecule has 0 aliphatic carbocycles. The van der Waals surface area contributed by atoms with Crippen LogP contribution in [-0.2, 0) is 9.59 Å². The number of ketones is 1. The van der Waals surface area contributed by atoms with Crippen molar-refractivity contribution in [2.24, 2.45) is 0 Å². The van der Waals surface area contributed by atoms with Crippen LogP contribution in [0.3, 0.4) is 0 Å². The Bertz CT molecular complexity index is 1010. The molecule has 1 aliphatic heterocycles. The maximum Gasteiger partial charge on any atom is 0.295 e. The van der Waals surface area contributed by atoms with Gasteiger partial charge in [-0.15, -0.1) is 0 Å². The SMILES string of the molecule is CCCOc1cccc(C2/C(=C(/O)c3ccc(OC)cc3)C(=O)C(=O)N2CCCN(C)C)c1. The predicted molar refractivity (Wildman–Crippen MR) is 127 cm³/mol. The van der Waals surface area contributed by atoms with Crippen molar-refractivity contribution < 1.29 is 24.2 Å². The fourth-order valence-corrected chi connectivity index (χ4v) is 3.91. The number of methoxy groups -OCH3 is 1. The molecule has 1 saturated heterocycles. The van der Waals surface area contributed by atoms with E-state index < -0.39 is 17.7 Å². The lowest BCUT2D eigenvalue weighted by molar-refractivity contribution is -0.139. The Hall–Kier alpha value is -3.32. The lowest BCUT2D eigenvalue weighted by atomic mass is 9.95. The predicted octanol–water partition coefficient (Wildman–Crippen LogP) is 3.86. The Morgan fingerprint density at radius 2 is 1.82 bits per heavy atom. The molecule has 176 valence electrons. The van der Waals surface area contributed by atoms with E-state index in [-0.39, 0.29) is 11.3 Å². The van der Waals surface area contributed by atoms with Gasteiger partial charge in [0.15, 0.2) is 0 Å². The van der Waals surface area contributed by atoms with Crippen molar-refractivity contribution in [3.8, 4) is 11.5 Å². The van der Waals surface area contributed by atoms with E-state index in [4.69, 9.17) is 9.47 Å². The molecule has 1 unspecified atom stereocenters. The molecule has 2 aromatic rings. The van der Waals surface area contributed by atoms with Gasteiger partial charge < -0.3 is 24.4 Å². The van der Waals surface area contributed by atoms with Gasteiger partial charge in [-0.25, -0.2) is 0 Å². The summed E-state index contributed by atoms with van der Waals surface area (Å²) in [6.45, 7) is 3.76. The number of benzene rings is 2. The van der Waals surface area contributed by atoms with Crippen LogP contribution in [0.25, 0.3) is 5.76 Å². The summed E-state index contributed by atoms with van der Waals surface area (Å²) in [6, 6.07) is 13.4. The van der Waals surface area contributed by atoms with Crippen LogP contribution >= 0.6 is 0 Å². The van der Waals surface area contributed by atoms with Gasteiger partial charge in [-0.1, -0.05) is 19.1 Å². The Kier molecular flexibility index (Phi) is 8.11. The van der Waals surface area contributed by atoms with Gasteiger partial charge in [0.25, 0.3) is 11.7 Å². The normalized spacial score (nSPS) is 17.6. The zero-order valence-corrected chi connectivity index (χ0v) is 19.7. The second-order valence-electron chi connectivity index (χ2n) is 8.30. The first-order valence-electron chi connectivity index (χ1n) is 11.2. The maximum atomic E-state index is 13.1. The number of hydrogen-bond acceptors (Lipinski definition) is 6. The Morgan fingerprint density at radius 3 is 2.45 bits per heavy atom. The van der Waals surface area contributed by atoms with E-state index in [0.29, 0.717) is 36.6 Å². The zero-order valence-electron chi connectivity index (χ0n) is 19.7. The molecule has 0 bridgehead atoms. The molecule has 0 aromatic heterocycles. The maximum absolute atomic E-state index is 13.1. The number of hydrogen-bond donors (Lipinski definition) is 1. The van der Waals surface area contributed by atoms with Crippen LogP contribution in [0.4, 0.5) is 0 Å². The van der Waals surface area contributed by atoms with Gasteiger partial charge in [-0.3, -0.25) is 9.59 Å². The summed E-state index contributed by atoms with van der Waals surface area (Å²) < 4.78 is 11.0. The van der Waals surface area contributed by atoms with Crippen molar-refractivity contribution in [1.29, 1.82) is 0 Å². The number of aliphatic hydroxyl groups is 1. The smallest absolute Gasteiger partial charge is 0.295 e. The molecule has 3 rings (SSSR count). The minimum atomic E-state index is -0.695. The third-order valence-corrected chi connectivity index (χ3v) is 5.55. The van der Waals surface area contributed by atoms with Gasteiger partial charge in [0.05, 0.1) is 25.3 Å². The van der Waals surface area contributed by atoms with Gasteiger partial charge in [-0.05, 0) is 75.4 Å². The summed E-state index contributed by atoms with van der Waals surface area (Å²) >= 11 is 0. The van der Waals surface area contributed by atoms with E-state index in [1.54, 1.807) is 36.3 Å². The van der Waals surface area contributed by atoms with Gasteiger partial charge in [0.2, 0.25) is 0 Å². The summed E-state index contributed by atoms with van der Waals surface area (Å²) in [5, 5.41) is 11.1. The van der Waals surface area contributed by atoms with Crippen LogP contribution in [0.1, 0.15) is 36.9 Å². The number of ether oxygens (including phenoxy) is 2. The highest BCUT2D eigenvalue weighted by Gasteiger charge is 2.45. The highest BCUT2D eigenvalue weighted by atomic mass is 16.5. The Labute approximate surface area is 195 Å². The molecule has 0 saturated carbocycles. The second kappa shape index (κ2) is 11.0. The largest absolute Gasteiger partial charge is 0.507 e. The number of amides is 1. The third-order valence-electron chi connectivity index (χ3n) is 5.55. The molecular weight excluding hydrogens is 420 g/mol. The van der Waals surface area contributed by atoms with Crippen LogP contribution in [-0.4, -0.2) is 67.5 Å². The summed E-state index contributed by atoms with van der Waals surface area (Å²) in [6.07, 6.45) is 1.57. The van der Waals surface area contributed by atoms with E-state index in [1.165, 1.54) is 0 Å². The molecule has 0 radical (unpaired) electrons. The van der Waals surface area contributed by atoms with Crippen LogP contribution in [0.2, 0.25) is 0 Å². The molecule has 1 amide bonds. The number of aliphatic hydroxyl groups excluding tert-OH is 1. The van der Waals surface area contributed by atoms with Crippen LogP contribution in [0.15, 0.2) is 54.1 Å². The van der Waals surface area contributed by atoms with Gasteiger partial charge >= 0.3 is 0 Å². The van der Waals surface area contributed by atoms with E-state index in [1.807, 2.05) is 50.2 Å². The molecule has 7 nitrogen and oxygen atoms in total. The van der Waals surface area contributed by atoms with Crippen LogP contribution < -0.4 is 9.47 Å². The number of carbonyl (C=O) groups excluding carboxylic acids is 2. The van der Waals surface area contributed by atoms with Crippen molar-refractivity contribution in [2.45, 2.75) is 25.8 Å². The average Bonchev–Trinajstić information content (AvgIpc) is 3.07. The summed E-state index contributed by atoms with van der Waals surface area (Å²) in [5.74, 6) is -0.187. The van der Waals surface area contributed by atoms with Gasteiger partial charge in [-0.2, -0.15) is 0 Å². The molecule has 33 heavy (non-hydrogen) atoms. The lowest BCUT2D eigenvalue weighted by Crippen LogP contribution is -2.32. The monoisotopic (exact) mass is 452 g/mol. The topological polar surface area (TPSA) is 79.3 Å². The third kappa shape index (κ3) is 5.54. The Balaban J connectivity index is 2.07. The molecule has 1 fully saturated rings. The summed E-state index contributed by atoms with van der Waals surface area (Å²) in [7, 11) is 5.48. The van der Waals surface area contributed by atoms with E-state index in [9.17, 15) is 14.7 Å². The number of carbonyl (C=O) groups is 2. The fourth-order valence-electron chi connectivity index (χ4n) is 3.91. The van der Waals surface area contributed by atoms with Crippen molar-refractivity contribution in [3.05, 3.63) is 65.2 Å². The first kappa shape index (κ1) is 24.3. The molecule has 1 aliphatic rings. The van der Waals surface area contributed by atoms with Crippen molar-refractivity contribution in [2.75, 3.05) is 40.9 Å². The molecule has 1 atom stereocenters. The summed E-state index contributed by atoms with van der Waals surface area (Å²) in [5.41, 5.74) is 1.26. The van der Waals surface area contributed by atoms with Gasteiger partial charge in [0, 0.05) is 12.1 Å². The average molecular weight is 453 g/mol. The molecule has 1 heterocycles. The standard InChI is InChI=1S/C26H32N2O5/c1-5-16-33-21-9-6-8-19(17-21)23-22(24(29)18-10-12-20(32-4)13-11-18)25(30)26(31)28(23)15-7-14-27(2)3/h6,8-13,17,23,29H,5,7,14-16H2,1-4H3/b24-22-. The van der Waals surface area contributed by atoms with Crippen molar-refractivity contribution in [1.82, 2.24) is 9.80 Å². The number of rotatable bonds is 10. The summed E-state index contributed by atoms with van der Waals surface area (Å²) in [4.78, 5) is 29.7. The van der Waals surface area contributed by atoms with Crippen molar-refractivity contribution >= 4 is 17.4 Å². The first-order chi connectivity index (χ1) is 15.9. The van der Waals surface area contributed by atoms with Crippen LogP contribution in [0, 0.1) is 0 Å². The molecule has 0 spiro atoms. The van der Waals surface area contributed by atoms with E-state index in [0.717, 1.165) is 18.5 Å². The quantitative estimate of drug-likeness (QED) is 0.335. The van der Waals surface area contributed by atoms with E-state index >= 15 is 0 Å². The molecule has 2 aromatic carbocycles. The number of nitrogens with zero attached hydrogens (tertiary/aromatic N) is 2. The van der Waals surface area contributed by atoms with Gasteiger partial charge in [0.1, 0.15) is 17.3 Å². The molecule has 1 N–H and O–H groups in total. The highest BCUT2D eigenvalue weighted by Crippen LogP contribution is 2.40. The number of likely N-dealkylation sites (tertiary alicyclic amines) is 1. The fraction of sp³-hybridized carbons (Fsp3) is 0.385. The van der Waals surface area contributed by atoms with Crippen molar-refractivity contribution in [3.63, 3.8) is 0 Å². The second-order valence-corrected chi connectivity index (χ2v) is 8.30.